The average Bonchev–Trinajstić information content (AvgIpc) is 2.15. The van der Waals surface area contributed by atoms with Crippen LogP contribution in [0.4, 0.5) is 5.69 Å². The van der Waals surface area contributed by atoms with E-state index in [1.165, 1.54) is 13.2 Å². The van der Waals surface area contributed by atoms with Crippen molar-refractivity contribution in [2.24, 2.45) is 0 Å². The zero-order valence-corrected chi connectivity index (χ0v) is 11.0. The van der Waals surface area contributed by atoms with Crippen LogP contribution in [0.3, 0.4) is 0 Å². The lowest BCUT2D eigenvalue weighted by molar-refractivity contribution is 0.101. The first-order valence-corrected chi connectivity index (χ1v) is 7.39. The topological polar surface area (TPSA) is 63.2 Å². The smallest absolute Gasteiger partial charge is 0.159 e. The summed E-state index contributed by atoms with van der Waals surface area (Å²) in [6.45, 7) is 3.31. The molecule has 0 bridgehead atoms. The fraction of sp³-hybridized carbons (Fsp3) is 0.417. The van der Waals surface area contributed by atoms with Gasteiger partial charge in [0.1, 0.15) is 9.84 Å². The van der Waals surface area contributed by atoms with Crippen LogP contribution in [0.15, 0.2) is 24.3 Å². The number of ketones is 1. The van der Waals surface area contributed by atoms with Crippen molar-refractivity contribution in [3.8, 4) is 0 Å². The monoisotopic (exact) mass is 255 g/mol. The van der Waals surface area contributed by atoms with E-state index >= 15 is 0 Å². The normalized spacial score (nSPS) is 13.1. The van der Waals surface area contributed by atoms with Gasteiger partial charge in [0.25, 0.3) is 0 Å². The van der Waals surface area contributed by atoms with Crippen molar-refractivity contribution in [1.82, 2.24) is 0 Å². The molecule has 1 unspecified atom stereocenters. The van der Waals surface area contributed by atoms with Gasteiger partial charge in [0.2, 0.25) is 0 Å². The molecule has 0 saturated carbocycles. The summed E-state index contributed by atoms with van der Waals surface area (Å²) in [4.78, 5) is 11.1. The first kappa shape index (κ1) is 13.7. The van der Waals surface area contributed by atoms with Crippen LogP contribution < -0.4 is 5.32 Å². The minimum absolute atomic E-state index is 0.0146. The van der Waals surface area contributed by atoms with Gasteiger partial charge in [-0.05, 0) is 38.1 Å². The molecule has 0 aliphatic heterocycles. The molecule has 0 aliphatic carbocycles. The molecule has 0 aliphatic rings. The molecule has 1 aromatic carbocycles. The largest absolute Gasteiger partial charge is 0.382 e. The van der Waals surface area contributed by atoms with E-state index in [1.54, 1.807) is 31.2 Å². The molecular weight excluding hydrogens is 238 g/mol. The highest BCUT2D eigenvalue weighted by molar-refractivity contribution is 7.90. The predicted octanol–water partition coefficient (Wildman–Crippen LogP) is 1.73. The molecule has 0 saturated heterocycles. The van der Waals surface area contributed by atoms with E-state index in [0.29, 0.717) is 5.56 Å². The summed E-state index contributed by atoms with van der Waals surface area (Å²) in [5.74, 6) is 0.0994. The second kappa shape index (κ2) is 5.31. The molecule has 0 fully saturated rings. The maximum Gasteiger partial charge on any atom is 0.159 e. The summed E-state index contributed by atoms with van der Waals surface area (Å²) >= 11 is 0. The van der Waals surface area contributed by atoms with Gasteiger partial charge in [-0.15, -0.1) is 0 Å². The summed E-state index contributed by atoms with van der Waals surface area (Å²) in [5.41, 5.74) is 1.46. The number of nitrogens with one attached hydrogen (secondary N) is 1. The van der Waals surface area contributed by atoms with Gasteiger partial charge in [0.05, 0.1) is 5.75 Å². The Morgan fingerprint density at radius 1 is 1.29 bits per heavy atom. The Kier molecular flexibility index (Phi) is 4.28. The first-order chi connectivity index (χ1) is 7.78. The van der Waals surface area contributed by atoms with Gasteiger partial charge < -0.3 is 5.32 Å². The molecule has 5 heteroatoms. The Morgan fingerprint density at radius 2 is 1.82 bits per heavy atom. The lowest BCUT2D eigenvalue weighted by atomic mass is 10.1. The van der Waals surface area contributed by atoms with Crippen molar-refractivity contribution >= 4 is 21.3 Å². The van der Waals surface area contributed by atoms with Crippen LogP contribution in [0.25, 0.3) is 0 Å². The quantitative estimate of drug-likeness (QED) is 0.814. The van der Waals surface area contributed by atoms with E-state index < -0.39 is 9.84 Å². The highest BCUT2D eigenvalue weighted by Gasteiger charge is 2.10. The molecule has 1 atom stereocenters. The molecular formula is C12H17NO3S. The lowest BCUT2D eigenvalue weighted by Gasteiger charge is -2.14. The summed E-state index contributed by atoms with van der Waals surface area (Å²) in [7, 11) is -2.98. The number of Topliss-reactive ketones (excluding diaryl/α,β-unsaturated/α-hetero) is 1. The summed E-state index contributed by atoms with van der Waals surface area (Å²) in [6, 6.07) is 6.83. The predicted molar refractivity (Wildman–Crippen MR) is 69.2 cm³/mol. The molecule has 0 aromatic heterocycles. The van der Waals surface area contributed by atoms with Crippen LogP contribution in [-0.2, 0) is 9.84 Å². The van der Waals surface area contributed by atoms with E-state index in [1.807, 2.05) is 0 Å². The van der Waals surface area contributed by atoms with Crippen LogP contribution in [0, 0.1) is 0 Å². The molecule has 0 radical (unpaired) electrons. The molecule has 0 heterocycles. The van der Waals surface area contributed by atoms with Crippen LogP contribution in [-0.4, -0.2) is 32.3 Å². The summed E-state index contributed by atoms with van der Waals surface area (Å²) in [6.07, 6.45) is 1.21. The van der Waals surface area contributed by atoms with Gasteiger partial charge in [-0.25, -0.2) is 8.42 Å². The van der Waals surface area contributed by atoms with Gasteiger partial charge in [-0.1, -0.05) is 0 Å². The van der Waals surface area contributed by atoms with E-state index in [0.717, 1.165) is 5.69 Å². The van der Waals surface area contributed by atoms with Gasteiger partial charge >= 0.3 is 0 Å². The third kappa shape index (κ3) is 4.99. The molecule has 1 N–H and O–H groups in total. The van der Waals surface area contributed by atoms with Crippen LogP contribution in [0.5, 0.6) is 0 Å². The first-order valence-electron chi connectivity index (χ1n) is 5.33. The Morgan fingerprint density at radius 3 is 2.24 bits per heavy atom. The van der Waals surface area contributed by atoms with Crippen molar-refractivity contribution in [1.29, 1.82) is 0 Å². The average molecular weight is 255 g/mol. The second-order valence-electron chi connectivity index (χ2n) is 4.27. The number of anilines is 1. The Bertz CT molecular complexity index is 491. The summed E-state index contributed by atoms with van der Waals surface area (Å²) < 4.78 is 22.2. The van der Waals surface area contributed by atoms with Gasteiger partial charge in [-0.2, -0.15) is 0 Å². The van der Waals surface area contributed by atoms with Crippen molar-refractivity contribution in [3.63, 3.8) is 0 Å². The number of sulfone groups is 1. The third-order valence-corrected chi connectivity index (χ3v) is 3.36. The molecule has 0 amide bonds. The van der Waals surface area contributed by atoms with E-state index in [-0.39, 0.29) is 17.6 Å². The molecule has 94 valence electrons. The third-order valence-electron chi connectivity index (χ3n) is 2.26. The van der Waals surface area contributed by atoms with E-state index in [4.69, 9.17) is 0 Å². The lowest BCUT2D eigenvalue weighted by Crippen LogP contribution is -2.24. The molecule has 0 spiro atoms. The SMILES string of the molecule is CC(=O)c1ccc(NC(C)CS(C)(=O)=O)cc1. The number of carbonyl (C=O) groups excluding carboxylic acids is 1. The van der Waals surface area contributed by atoms with Crippen molar-refractivity contribution in [2.45, 2.75) is 19.9 Å². The molecule has 4 nitrogen and oxygen atoms in total. The number of hydrogen-bond donors (Lipinski definition) is 1. The fourth-order valence-corrected chi connectivity index (χ4v) is 2.57. The van der Waals surface area contributed by atoms with Crippen LogP contribution in [0.2, 0.25) is 0 Å². The van der Waals surface area contributed by atoms with Crippen LogP contribution >= 0.6 is 0 Å². The number of carbonyl (C=O) groups is 1. The fourth-order valence-electron chi connectivity index (χ4n) is 1.58. The van der Waals surface area contributed by atoms with E-state index in [2.05, 4.69) is 5.32 Å². The minimum Gasteiger partial charge on any atom is -0.382 e. The Labute approximate surface area is 102 Å². The van der Waals surface area contributed by atoms with Gasteiger partial charge in [-0.3, -0.25) is 4.79 Å². The minimum atomic E-state index is -2.98. The number of rotatable bonds is 5. The van der Waals surface area contributed by atoms with Crippen molar-refractivity contribution < 1.29 is 13.2 Å². The zero-order valence-electron chi connectivity index (χ0n) is 10.2. The van der Waals surface area contributed by atoms with Crippen LogP contribution in [0.1, 0.15) is 24.2 Å². The maximum absolute atomic E-state index is 11.1. The number of benzene rings is 1. The second-order valence-corrected chi connectivity index (χ2v) is 6.46. The van der Waals surface area contributed by atoms with Gasteiger partial charge in [0, 0.05) is 23.5 Å². The highest BCUT2D eigenvalue weighted by atomic mass is 32.2. The molecule has 1 aromatic rings. The molecule has 1 rings (SSSR count). The summed E-state index contributed by atoms with van der Waals surface area (Å²) in [5, 5.41) is 3.07. The maximum atomic E-state index is 11.1. The van der Waals surface area contributed by atoms with Gasteiger partial charge in [0.15, 0.2) is 5.78 Å². The Hall–Kier alpha value is -1.36. The highest BCUT2D eigenvalue weighted by Crippen LogP contribution is 2.11. The molecule has 17 heavy (non-hydrogen) atoms. The van der Waals surface area contributed by atoms with Crippen molar-refractivity contribution in [2.75, 3.05) is 17.3 Å². The Balaban J connectivity index is 2.66. The standard InChI is InChI=1S/C12H17NO3S/c1-9(8-17(3,15)16)13-12-6-4-11(5-7-12)10(2)14/h4-7,9,13H,8H2,1-3H3. The number of hydrogen-bond acceptors (Lipinski definition) is 4. The zero-order chi connectivity index (χ0) is 13.1. The van der Waals surface area contributed by atoms with Crippen molar-refractivity contribution in [3.05, 3.63) is 29.8 Å². The van der Waals surface area contributed by atoms with E-state index in [9.17, 15) is 13.2 Å².